The maximum absolute atomic E-state index is 12.1. The number of nitrogens with one attached hydrogen (secondary N) is 1. The van der Waals surface area contributed by atoms with Gasteiger partial charge in [-0.3, -0.25) is 4.79 Å². The van der Waals surface area contributed by atoms with E-state index >= 15 is 0 Å². The van der Waals surface area contributed by atoms with Gasteiger partial charge in [0.15, 0.2) is 12.4 Å². The smallest absolute Gasteiger partial charge is 0.340 e. The van der Waals surface area contributed by atoms with E-state index in [0.29, 0.717) is 5.76 Å². The van der Waals surface area contributed by atoms with Crippen molar-refractivity contribution in [1.82, 2.24) is 9.46 Å². The number of hydrogen-bond acceptors (Lipinski definition) is 7. The van der Waals surface area contributed by atoms with E-state index < -0.39 is 28.5 Å². The molecular weight excluding hydrogens is 386 g/mol. The number of hydrogen-bond donors (Lipinski definition) is 1. The normalized spacial score (nSPS) is 11.4. The molecule has 9 nitrogen and oxygen atoms in total. The Morgan fingerprint density at radius 2 is 2.00 bits per heavy atom. The fourth-order valence-electron chi connectivity index (χ4n) is 1.85. The first-order chi connectivity index (χ1) is 12.1. The van der Waals surface area contributed by atoms with Crippen LogP contribution in [0.4, 0.5) is 5.82 Å². The summed E-state index contributed by atoms with van der Waals surface area (Å²) in [5, 5.41) is 5.95. The lowest BCUT2D eigenvalue weighted by atomic mass is 10.2. The highest BCUT2D eigenvalue weighted by molar-refractivity contribution is 7.89. The van der Waals surface area contributed by atoms with Gasteiger partial charge in [0.25, 0.3) is 5.91 Å². The van der Waals surface area contributed by atoms with E-state index in [2.05, 4.69) is 10.5 Å². The van der Waals surface area contributed by atoms with Crippen LogP contribution in [0, 0.1) is 6.92 Å². The minimum atomic E-state index is -3.75. The molecule has 1 aromatic heterocycles. The zero-order valence-corrected chi connectivity index (χ0v) is 15.7. The quantitative estimate of drug-likeness (QED) is 0.731. The molecule has 0 spiro atoms. The summed E-state index contributed by atoms with van der Waals surface area (Å²) >= 11 is 5.94. The monoisotopic (exact) mass is 401 g/mol. The highest BCUT2D eigenvalue weighted by Gasteiger charge is 2.22. The summed E-state index contributed by atoms with van der Waals surface area (Å²) in [6.07, 6.45) is 0. The van der Waals surface area contributed by atoms with Crippen molar-refractivity contribution < 1.29 is 27.3 Å². The van der Waals surface area contributed by atoms with Crippen LogP contribution in [-0.4, -0.2) is 50.5 Å². The van der Waals surface area contributed by atoms with Crippen molar-refractivity contribution in [2.45, 2.75) is 11.8 Å². The van der Waals surface area contributed by atoms with Crippen molar-refractivity contribution in [3.05, 3.63) is 40.6 Å². The number of carbonyl (C=O) groups excluding carboxylic acids is 2. The van der Waals surface area contributed by atoms with E-state index in [0.717, 1.165) is 10.4 Å². The van der Waals surface area contributed by atoms with Gasteiger partial charge in [0.05, 0.1) is 15.5 Å². The van der Waals surface area contributed by atoms with Crippen LogP contribution in [-0.2, 0) is 19.6 Å². The number of ether oxygens (including phenoxy) is 1. The zero-order valence-electron chi connectivity index (χ0n) is 14.1. The molecular formula is C15H16ClN3O6S. The van der Waals surface area contributed by atoms with Crippen LogP contribution in [0.5, 0.6) is 0 Å². The Labute approximate surface area is 154 Å². The molecule has 0 radical (unpaired) electrons. The fourth-order valence-corrected chi connectivity index (χ4v) is 2.97. The lowest BCUT2D eigenvalue weighted by Gasteiger charge is -2.13. The summed E-state index contributed by atoms with van der Waals surface area (Å²) in [6.45, 7) is 1.05. The minimum absolute atomic E-state index is 0.000223. The van der Waals surface area contributed by atoms with Gasteiger partial charge in [-0.15, -0.1) is 0 Å². The Balaban J connectivity index is 2.08. The maximum atomic E-state index is 12.1. The summed E-state index contributed by atoms with van der Waals surface area (Å²) in [5.41, 5.74) is -0.167. The van der Waals surface area contributed by atoms with Crippen molar-refractivity contribution in [2.75, 3.05) is 26.0 Å². The van der Waals surface area contributed by atoms with E-state index in [1.54, 1.807) is 6.92 Å². The molecule has 0 saturated heterocycles. The number of rotatable bonds is 6. The van der Waals surface area contributed by atoms with Gasteiger partial charge in [0.2, 0.25) is 10.0 Å². The molecule has 2 rings (SSSR count). The van der Waals surface area contributed by atoms with Gasteiger partial charge in [-0.1, -0.05) is 16.8 Å². The van der Waals surface area contributed by atoms with Gasteiger partial charge in [0.1, 0.15) is 5.76 Å². The molecule has 0 unspecified atom stereocenters. The number of sulfonamides is 1. The fraction of sp³-hybridized carbons (Fsp3) is 0.267. The average molecular weight is 402 g/mol. The first-order valence-corrected chi connectivity index (χ1v) is 9.05. The van der Waals surface area contributed by atoms with E-state index in [1.165, 1.54) is 32.3 Å². The molecule has 0 fully saturated rings. The molecule has 0 aliphatic rings. The van der Waals surface area contributed by atoms with Crippen molar-refractivity contribution in [3.63, 3.8) is 0 Å². The second-order valence-corrected chi connectivity index (χ2v) is 7.94. The number of halogens is 1. The Kier molecular flexibility index (Phi) is 6.01. The molecule has 1 N–H and O–H groups in total. The third-order valence-electron chi connectivity index (χ3n) is 3.17. The van der Waals surface area contributed by atoms with Crippen LogP contribution in [0.1, 0.15) is 16.1 Å². The number of aryl methyl sites for hydroxylation is 1. The molecule has 26 heavy (non-hydrogen) atoms. The van der Waals surface area contributed by atoms with Crippen LogP contribution < -0.4 is 5.32 Å². The molecule has 2 aromatic rings. The van der Waals surface area contributed by atoms with Crippen LogP contribution in [0.25, 0.3) is 0 Å². The summed E-state index contributed by atoms with van der Waals surface area (Å²) < 4.78 is 34.9. The lowest BCUT2D eigenvalue weighted by Crippen LogP contribution is -2.23. The summed E-state index contributed by atoms with van der Waals surface area (Å²) in [6, 6.07) is 5.13. The van der Waals surface area contributed by atoms with E-state index in [-0.39, 0.29) is 21.3 Å². The second kappa shape index (κ2) is 7.85. The summed E-state index contributed by atoms with van der Waals surface area (Å²) in [4.78, 5) is 23.8. The van der Waals surface area contributed by atoms with Gasteiger partial charge < -0.3 is 14.6 Å². The molecule has 0 saturated carbocycles. The van der Waals surface area contributed by atoms with Gasteiger partial charge >= 0.3 is 5.97 Å². The maximum Gasteiger partial charge on any atom is 0.340 e. The number of carbonyl (C=O) groups is 2. The van der Waals surface area contributed by atoms with Crippen LogP contribution in [0.2, 0.25) is 5.02 Å². The third kappa shape index (κ3) is 4.59. The van der Waals surface area contributed by atoms with E-state index in [1.807, 2.05) is 0 Å². The van der Waals surface area contributed by atoms with Crippen LogP contribution in [0.15, 0.2) is 33.7 Å². The van der Waals surface area contributed by atoms with Gasteiger partial charge in [-0.25, -0.2) is 17.5 Å². The van der Waals surface area contributed by atoms with Crippen molar-refractivity contribution >= 4 is 39.3 Å². The van der Waals surface area contributed by atoms with Crippen molar-refractivity contribution in [2.24, 2.45) is 0 Å². The number of aromatic nitrogens is 1. The molecule has 0 bridgehead atoms. The molecule has 0 aliphatic heterocycles. The van der Waals surface area contributed by atoms with Gasteiger partial charge in [0, 0.05) is 20.2 Å². The molecule has 1 amide bonds. The van der Waals surface area contributed by atoms with E-state index in [9.17, 15) is 18.0 Å². The first kappa shape index (κ1) is 19.9. The van der Waals surface area contributed by atoms with Gasteiger partial charge in [-0.05, 0) is 25.1 Å². The second-order valence-electron chi connectivity index (χ2n) is 5.38. The Morgan fingerprint density at radius 3 is 2.58 bits per heavy atom. The SMILES string of the molecule is Cc1cc(NC(=O)COC(=O)c2cc(S(=O)(=O)N(C)C)ccc2Cl)no1. The van der Waals surface area contributed by atoms with Crippen molar-refractivity contribution in [1.29, 1.82) is 0 Å². The molecule has 140 valence electrons. The summed E-state index contributed by atoms with van der Waals surface area (Å²) in [7, 11) is -1.03. The summed E-state index contributed by atoms with van der Waals surface area (Å²) in [5.74, 6) is -0.888. The topological polar surface area (TPSA) is 119 Å². The van der Waals surface area contributed by atoms with Gasteiger partial charge in [-0.2, -0.15) is 0 Å². The molecule has 11 heteroatoms. The molecule has 1 heterocycles. The number of benzene rings is 1. The number of amides is 1. The highest BCUT2D eigenvalue weighted by atomic mass is 35.5. The Hall–Kier alpha value is -2.43. The largest absolute Gasteiger partial charge is 0.452 e. The predicted molar refractivity (Wildman–Crippen MR) is 92.5 cm³/mol. The third-order valence-corrected chi connectivity index (χ3v) is 5.31. The number of nitrogens with zero attached hydrogens (tertiary/aromatic N) is 2. The Bertz CT molecular complexity index is 939. The van der Waals surface area contributed by atoms with Crippen LogP contribution >= 0.6 is 11.6 Å². The molecule has 1 aromatic carbocycles. The zero-order chi connectivity index (χ0) is 19.5. The number of esters is 1. The van der Waals surface area contributed by atoms with Crippen molar-refractivity contribution in [3.8, 4) is 0 Å². The first-order valence-electron chi connectivity index (χ1n) is 7.23. The molecule has 0 aliphatic carbocycles. The highest BCUT2D eigenvalue weighted by Crippen LogP contribution is 2.23. The van der Waals surface area contributed by atoms with Crippen LogP contribution in [0.3, 0.4) is 0 Å². The minimum Gasteiger partial charge on any atom is -0.452 e. The molecule has 0 atom stereocenters. The lowest BCUT2D eigenvalue weighted by molar-refractivity contribution is -0.119. The predicted octanol–water partition coefficient (Wildman–Crippen LogP) is 1.68. The Morgan fingerprint density at radius 1 is 1.31 bits per heavy atom. The number of anilines is 1. The average Bonchev–Trinajstić information content (AvgIpc) is 2.97. The standard InChI is InChI=1S/C15H16ClN3O6S/c1-9-6-13(18-25-9)17-14(20)8-24-15(21)11-7-10(4-5-12(11)16)26(22,23)19(2)3/h4-7H,8H2,1-3H3,(H,17,18,20). The van der Waals surface area contributed by atoms with E-state index in [4.69, 9.17) is 20.9 Å².